The third kappa shape index (κ3) is 2.85. The van der Waals surface area contributed by atoms with Gasteiger partial charge in [0.15, 0.2) is 11.5 Å². The summed E-state index contributed by atoms with van der Waals surface area (Å²) in [5.74, 6) is 0.773. The number of ether oxygens (including phenoxy) is 1. The zero-order chi connectivity index (χ0) is 13.2. The number of phenols is 1. The Morgan fingerprint density at radius 3 is 2.95 bits per heavy atom. The molecular formula is C15H22N2O2. The SMILES string of the molecule is COc1ccc(CN2CCC3CCC(C2)N3)cc1O. The molecule has 2 aliphatic rings. The molecule has 2 unspecified atom stereocenters. The normalized spacial score (nSPS) is 27.2. The highest BCUT2D eigenvalue weighted by atomic mass is 16.5. The highest BCUT2D eigenvalue weighted by molar-refractivity contribution is 5.41. The van der Waals surface area contributed by atoms with Crippen LogP contribution < -0.4 is 10.1 Å². The maximum absolute atomic E-state index is 9.83. The lowest BCUT2D eigenvalue weighted by Gasteiger charge is -2.24. The van der Waals surface area contributed by atoms with Crippen LogP contribution in [0.15, 0.2) is 18.2 Å². The number of aromatic hydroxyl groups is 1. The first-order valence-corrected chi connectivity index (χ1v) is 7.09. The summed E-state index contributed by atoms with van der Waals surface area (Å²) in [6.45, 7) is 3.16. The third-order valence-corrected chi connectivity index (χ3v) is 4.26. The highest BCUT2D eigenvalue weighted by Crippen LogP contribution is 2.27. The van der Waals surface area contributed by atoms with E-state index in [1.807, 2.05) is 18.2 Å². The Bertz CT molecular complexity index is 450. The molecule has 2 fully saturated rings. The van der Waals surface area contributed by atoms with Crippen LogP contribution in [0.25, 0.3) is 0 Å². The van der Waals surface area contributed by atoms with Crippen LogP contribution in [-0.2, 0) is 6.54 Å². The van der Waals surface area contributed by atoms with Crippen molar-refractivity contribution in [2.75, 3.05) is 20.2 Å². The summed E-state index contributed by atoms with van der Waals surface area (Å²) in [5.41, 5.74) is 1.15. The monoisotopic (exact) mass is 262 g/mol. The van der Waals surface area contributed by atoms with Gasteiger partial charge in [0, 0.05) is 31.7 Å². The number of nitrogens with one attached hydrogen (secondary N) is 1. The van der Waals surface area contributed by atoms with Crippen molar-refractivity contribution in [2.45, 2.75) is 37.9 Å². The third-order valence-electron chi connectivity index (χ3n) is 4.26. The van der Waals surface area contributed by atoms with Crippen LogP contribution in [-0.4, -0.2) is 42.3 Å². The maximum atomic E-state index is 9.83. The number of hydrogen-bond donors (Lipinski definition) is 2. The van der Waals surface area contributed by atoms with Crippen molar-refractivity contribution in [2.24, 2.45) is 0 Å². The maximum Gasteiger partial charge on any atom is 0.160 e. The molecule has 0 amide bonds. The lowest BCUT2D eigenvalue weighted by molar-refractivity contribution is 0.250. The number of hydrogen-bond acceptors (Lipinski definition) is 4. The van der Waals surface area contributed by atoms with Crippen LogP contribution >= 0.6 is 0 Å². The molecule has 0 saturated carbocycles. The first-order chi connectivity index (χ1) is 9.24. The standard InChI is InChI=1S/C15H22N2O2/c1-19-15-5-2-11(8-14(15)18)9-17-7-6-12-3-4-13(10-17)16-12/h2,5,8,12-13,16,18H,3-4,6-7,9-10H2,1H3. The van der Waals surface area contributed by atoms with Crippen molar-refractivity contribution in [3.8, 4) is 11.5 Å². The van der Waals surface area contributed by atoms with Crippen molar-refractivity contribution in [3.05, 3.63) is 23.8 Å². The smallest absolute Gasteiger partial charge is 0.160 e. The summed E-state index contributed by atoms with van der Waals surface area (Å²) in [5, 5.41) is 13.5. The van der Waals surface area contributed by atoms with E-state index in [1.54, 1.807) is 7.11 Å². The highest BCUT2D eigenvalue weighted by Gasteiger charge is 2.29. The van der Waals surface area contributed by atoms with Gasteiger partial charge >= 0.3 is 0 Å². The Morgan fingerprint density at radius 2 is 2.16 bits per heavy atom. The zero-order valence-corrected chi connectivity index (χ0v) is 11.4. The van der Waals surface area contributed by atoms with Crippen molar-refractivity contribution < 1.29 is 9.84 Å². The largest absolute Gasteiger partial charge is 0.504 e. The quantitative estimate of drug-likeness (QED) is 0.871. The van der Waals surface area contributed by atoms with Crippen molar-refractivity contribution in [3.63, 3.8) is 0 Å². The van der Waals surface area contributed by atoms with Crippen LogP contribution in [0.1, 0.15) is 24.8 Å². The molecule has 4 nitrogen and oxygen atoms in total. The molecule has 4 heteroatoms. The Hall–Kier alpha value is -1.26. The average Bonchev–Trinajstić information content (AvgIpc) is 2.73. The molecule has 2 aliphatic heterocycles. The molecule has 0 aromatic heterocycles. The first-order valence-electron chi connectivity index (χ1n) is 7.09. The first kappa shape index (κ1) is 12.8. The number of nitrogens with zero attached hydrogens (tertiary/aromatic N) is 1. The summed E-state index contributed by atoms with van der Waals surface area (Å²) in [4.78, 5) is 2.48. The molecule has 2 N–H and O–H groups in total. The van der Waals surface area contributed by atoms with Gasteiger partial charge in [0.1, 0.15) is 0 Å². The molecular weight excluding hydrogens is 240 g/mol. The second kappa shape index (κ2) is 5.39. The van der Waals surface area contributed by atoms with Gasteiger partial charge in [0.2, 0.25) is 0 Å². The van der Waals surface area contributed by atoms with Gasteiger partial charge in [0.05, 0.1) is 7.11 Å². The molecule has 104 valence electrons. The van der Waals surface area contributed by atoms with E-state index in [-0.39, 0.29) is 5.75 Å². The molecule has 0 spiro atoms. The fourth-order valence-corrected chi connectivity index (χ4v) is 3.25. The topological polar surface area (TPSA) is 44.7 Å². The molecule has 3 rings (SSSR count). The van der Waals surface area contributed by atoms with E-state index in [9.17, 15) is 5.11 Å². The summed E-state index contributed by atoms with van der Waals surface area (Å²) < 4.78 is 5.08. The lowest BCUT2D eigenvalue weighted by atomic mass is 10.1. The molecule has 0 radical (unpaired) electrons. The van der Waals surface area contributed by atoms with Crippen LogP contribution in [0.4, 0.5) is 0 Å². The molecule has 0 aliphatic carbocycles. The molecule has 19 heavy (non-hydrogen) atoms. The van der Waals surface area contributed by atoms with E-state index in [0.717, 1.165) is 31.2 Å². The van der Waals surface area contributed by atoms with E-state index in [4.69, 9.17) is 4.74 Å². The predicted molar refractivity (Wildman–Crippen MR) is 74.5 cm³/mol. The van der Waals surface area contributed by atoms with E-state index in [1.165, 1.54) is 19.3 Å². The van der Waals surface area contributed by atoms with Crippen molar-refractivity contribution in [1.29, 1.82) is 0 Å². The molecule has 1 aromatic rings. The molecule has 2 heterocycles. The molecule has 1 aromatic carbocycles. The summed E-state index contributed by atoms with van der Waals surface area (Å²) in [6, 6.07) is 7.07. The summed E-state index contributed by atoms with van der Waals surface area (Å²) >= 11 is 0. The van der Waals surface area contributed by atoms with Crippen molar-refractivity contribution >= 4 is 0 Å². The Kier molecular flexibility index (Phi) is 3.62. The van der Waals surface area contributed by atoms with Crippen LogP contribution in [0, 0.1) is 0 Å². The fourth-order valence-electron chi connectivity index (χ4n) is 3.25. The number of fused-ring (bicyclic) bond motifs is 2. The van der Waals surface area contributed by atoms with E-state index in [0.29, 0.717) is 11.8 Å². The van der Waals surface area contributed by atoms with Gasteiger partial charge in [-0.05, 0) is 37.0 Å². The van der Waals surface area contributed by atoms with E-state index < -0.39 is 0 Å². The molecule has 2 atom stereocenters. The van der Waals surface area contributed by atoms with Crippen molar-refractivity contribution in [1.82, 2.24) is 10.2 Å². The minimum absolute atomic E-state index is 0.231. The number of phenolic OH excluding ortho intramolecular Hbond substituents is 1. The van der Waals surface area contributed by atoms with Crippen LogP contribution in [0.2, 0.25) is 0 Å². The van der Waals surface area contributed by atoms with Crippen LogP contribution in [0.5, 0.6) is 11.5 Å². The number of rotatable bonds is 3. The minimum Gasteiger partial charge on any atom is -0.504 e. The summed E-state index contributed by atoms with van der Waals surface area (Å²) in [6.07, 6.45) is 3.87. The van der Waals surface area contributed by atoms with Gasteiger partial charge in [-0.2, -0.15) is 0 Å². The number of benzene rings is 1. The van der Waals surface area contributed by atoms with Gasteiger partial charge in [-0.3, -0.25) is 4.90 Å². The van der Waals surface area contributed by atoms with Gasteiger partial charge in [0.25, 0.3) is 0 Å². The van der Waals surface area contributed by atoms with Gasteiger partial charge < -0.3 is 15.2 Å². The van der Waals surface area contributed by atoms with E-state index in [2.05, 4.69) is 10.2 Å². The zero-order valence-electron chi connectivity index (χ0n) is 11.4. The minimum atomic E-state index is 0.231. The number of likely N-dealkylation sites (tertiary alicyclic amines) is 1. The molecule has 2 bridgehead atoms. The van der Waals surface area contributed by atoms with Gasteiger partial charge in [-0.15, -0.1) is 0 Å². The van der Waals surface area contributed by atoms with E-state index >= 15 is 0 Å². The number of methoxy groups -OCH3 is 1. The lowest BCUT2D eigenvalue weighted by Crippen LogP contribution is -2.34. The second-order valence-corrected chi connectivity index (χ2v) is 5.67. The predicted octanol–water partition coefficient (Wildman–Crippen LogP) is 1.73. The Labute approximate surface area is 114 Å². The second-order valence-electron chi connectivity index (χ2n) is 5.67. The van der Waals surface area contributed by atoms with Gasteiger partial charge in [-0.25, -0.2) is 0 Å². The van der Waals surface area contributed by atoms with Crippen LogP contribution in [0.3, 0.4) is 0 Å². The summed E-state index contributed by atoms with van der Waals surface area (Å²) in [7, 11) is 1.58. The Balaban J connectivity index is 1.66. The average molecular weight is 262 g/mol. The Morgan fingerprint density at radius 1 is 1.32 bits per heavy atom. The van der Waals surface area contributed by atoms with Gasteiger partial charge in [-0.1, -0.05) is 6.07 Å². The fraction of sp³-hybridized carbons (Fsp3) is 0.600. The molecule has 2 saturated heterocycles.